The second-order valence-electron chi connectivity index (χ2n) is 9.69. The molecule has 0 unspecified atom stereocenters. The number of benzene rings is 3. The van der Waals surface area contributed by atoms with Crippen molar-refractivity contribution in [2.75, 3.05) is 0 Å². The Kier molecular flexibility index (Phi) is 6.05. The molecule has 0 aromatic heterocycles. The van der Waals surface area contributed by atoms with Crippen LogP contribution in [0.15, 0.2) is 24.3 Å². The summed E-state index contributed by atoms with van der Waals surface area (Å²) in [6.07, 6.45) is 10.6. The molecule has 158 valence electrons. The molecule has 3 aromatic rings. The predicted octanol–water partition coefficient (Wildman–Crippen LogP) is 8.13. The summed E-state index contributed by atoms with van der Waals surface area (Å²) in [6, 6.07) is 9.31. The van der Waals surface area contributed by atoms with Gasteiger partial charge in [-0.15, -0.1) is 0 Å². The summed E-state index contributed by atoms with van der Waals surface area (Å²) in [6.45, 7) is 13.6. The maximum Gasteiger partial charge on any atom is -0.0114 e. The van der Waals surface area contributed by atoms with E-state index in [0.717, 1.165) is 0 Å². The van der Waals surface area contributed by atoms with Gasteiger partial charge in [0.05, 0.1) is 0 Å². The van der Waals surface area contributed by atoms with Gasteiger partial charge in [0.1, 0.15) is 0 Å². The van der Waals surface area contributed by atoms with Crippen molar-refractivity contribution in [2.45, 2.75) is 92.9 Å². The minimum atomic E-state index is 1.27. The van der Waals surface area contributed by atoms with Crippen molar-refractivity contribution in [3.8, 4) is 0 Å². The summed E-state index contributed by atoms with van der Waals surface area (Å²) >= 11 is 0. The smallest absolute Gasteiger partial charge is 0.0114 e. The molecule has 0 N–H and O–H groups in total. The van der Waals surface area contributed by atoms with Crippen LogP contribution in [-0.4, -0.2) is 0 Å². The van der Waals surface area contributed by atoms with Gasteiger partial charge in [0.25, 0.3) is 0 Å². The summed E-state index contributed by atoms with van der Waals surface area (Å²) in [7, 11) is 0. The first-order valence-corrected chi connectivity index (χ1v) is 12.0. The topological polar surface area (TPSA) is 0 Å². The third-order valence-corrected chi connectivity index (χ3v) is 8.09. The van der Waals surface area contributed by atoms with Gasteiger partial charge in [-0.25, -0.2) is 0 Å². The lowest BCUT2D eigenvalue weighted by atomic mass is 9.82. The molecule has 0 amide bonds. The van der Waals surface area contributed by atoms with Gasteiger partial charge in [0.2, 0.25) is 0 Å². The standard InChI is InChI=1S/C18H22.C12H16/c1-11-12(2)14(4)18-16(13(11)3)10-9-15-7-5-6-8-17(15)18;1-9-7-8-11-5-3-4-6-12(11)10(9)2/h9-10H,5-8H2,1-4H3;7-8H,3-6H2,1-2H3. The van der Waals surface area contributed by atoms with Crippen molar-refractivity contribution in [1.82, 2.24) is 0 Å². The van der Waals surface area contributed by atoms with Crippen LogP contribution in [0.2, 0.25) is 0 Å². The van der Waals surface area contributed by atoms with Crippen LogP contribution in [-0.2, 0) is 25.7 Å². The maximum atomic E-state index is 2.37. The van der Waals surface area contributed by atoms with E-state index in [9.17, 15) is 0 Å². The Morgan fingerprint density at radius 3 is 1.70 bits per heavy atom. The number of fused-ring (bicyclic) bond motifs is 4. The van der Waals surface area contributed by atoms with Gasteiger partial charge in [-0.3, -0.25) is 0 Å². The van der Waals surface area contributed by atoms with Crippen molar-refractivity contribution in [3.63, 3.8) is 0 Å². The molecule has 0 nitrogen and oxygen atoms in total. The van der Waals surface area contributed by atoms with E-state index in [1.807, 2.05) is 0 Å². The summed E-state index contributed by atoms with van der Waals surface area (Å²) in [5, 5.41) is 3.05. The van der Waals surface area contributed by atoms with E-state index in [1.165, 1.54) is 90.1 Å². The van der Waals surface area contributed by atoms with Gasteiger partial charge >= 0.3 is 0 Å². The molecule has 0 atom stereocenters. The van der Waals surface area contributed by atoms with E-state index in [0.29, 0.717) is 0 Å². The van der Waals surface area contributed by atoms with E-state index in [4.69, 9.17) is 0 Å². The number of hydrogen-bond acceptors (Lipinski definition) is 0. The third-order valence-electron chi connectivity index (χ3n) is 8.09. The van der Waals surface area contributed by atoms with E-state index >= 15 is 0 Å². The molecular formula is C30H38. The molecule has 0 aliphatic heterocycles. The minimum absolute atomic E-state index is 1.27. The number of hydrogen-bond donors (Lipinski definition) is 0. The fourth-order valence-corrected chi connectivity index (χ4v) is 5.65. The first-order valence-electron chi connectivity index (χ1n) is 12.0. The lowest BCUT2D eigenvalue weighted by Gasteiger charge is -2.22. The maximum absolute atomic E-state index is 2.37. The van der Waals surface area contributed by atoms with Gasteiger partial charge < -0.3 is 0 Å². The van der Waals surface area contributed by atoms with Crippen LogP contribution in [0.4, 0.5) is 0 Å². The van der Waals surface area contributed by atoms with Gasteiger partial charge in [-0.2, -0.15) is 0 Å². The number of rotatable bonds is 0. The highest BCUT2D eigenvalue weighted by molar-refractivity contribution is 5.94. The van der Waals surface area contributed by atoms with Crippen LogP contribution in [0.3, 0.4) is 0 Å². The van der Waals surface area contributed by atoms with Crippen molar-refractivity contribution in [1.29, 1.82) is 0 Å². The normalized spacial score (nSPS) is 15.3. The van der Waals surface area contributed by atoms with E-state index < -0.39 is 0 Å². The summed E-state index contributed by atoms with van der Waals surface area (Å²) in [4.78, 5) is 0. The highest BCUT2D eigenvalue weighted by atomic mass is 14.2. The SMILES string of the molecule is Cc1c(C)c(C)c2c3c(ccc2c1C)CCCC3.Cc1ccc2c(c1C)CCCC2. The van der Waals surface area contributed by atoms with Crippen LogP contribution in [0.5, 0.6) is 0 Å². The largest absolute Gasteiger partial charge is 0.0588 e. The van der Waals surface area contributed by atoms with Crippen molar-refractivity contribution >= 4 is 10.8 Å². The molecule has 0 spiro atoms. The van der Waals surface area contributed by atoms with Gasteiger partial charge in [-0.05, 0) is 159 Å². The van der Waals surface area contributed by atoms with Crippen molar-refractivity contribution in [2.24, 2.45) is 0 Å². The Bertz CT molecular complexity index is 1100. The average molecular weight is 399 g/mol. The fourth-order valence-electron chi connectivity index (χ4n) is 5.65. The second-order valence-corrected chi connectivity index (χ2v) is 9.69. The zero-order valence-electron chi connectivity index (χ0n) is 20.0. The second kappa shape index (κ2) is 8.58. The van der Waals surface area contributed by atoms with E-state index in [2.05, 4.69) is 65.8 Å². The molecule has 0 saturated heterocycles. The molecule has 0 saturated carbocycles. The van der Waals surface area contributed by atoms with E-state index in [1.54, 1.807) is 27.6 Å². The molecule has 0 bridgehead atoms. The quantitative estimate of drug-likeness (QED) is 0.358. The van der Waals surface area contributed by atoms with Gasteiger partial charge in [0.15, 0.2) is 0 Å². The third kappa shape index (κ3) is 3.70. The fraction of sp³-hybridized carbons (Fsp3) is 0.467. The lowest BCUT2D eigenvalue weighted by Crippen LogP contribution is -2.06. The van der Waals surface area contributed by atoms with Gasteiger partial charge in [-0.1, -0.05) is 24.3 Å². The molecule has 0 fully saturated rings. The monoisotopic (exact) mass is 398 g/mol. The predicted molar refractivity (Wildman–Crippen MR) is 132 cm³/mol. The van der Waals surface area contributed by atoms with Crippen LogP contribution in [0.1, 0.15) is 81.3 Å². The van der Waals surface area contributed by atoms with Crippen molar-refractivity contribution < 1.29 is 0 Å². The minimum Gasteiger partial charge on any atom is -0.0588 e. The zero-order chi connectivity index (χ0) is 21.4. The Labute approximate surface area is 183 Å². The Hall–Kier alpha value is -2.08. The van der Waals surface area contributed by atoms with Crippen LogP contribution >= 0.6 is 0 Å². The molecule has 30 heavy (non-hydrogen) atoms. The van der Waals surface area contributed by atoms with Crippen molar-refractivity contribution in [3.05, 3.63) is 79.9 Å². The Morgan fingerprint density at radius 1 is 0.467 bits per heavy atom. The molecule has 2 aliphatic carbocycles. The number of aryl methyl sites for hydroxylation is 6. The van der Waals surface area contributed by atoms with Crippen LogP contribution in [0, 0.1) is 41.5 Å². The molecule has 3 aromatic carbocycles. The summed E-state index contributed by atoms with van der Waals surface area (Å²) in [5.74, 6) is 0. The highest BCUT2D eigenvalue weighted by Gasteiger charge is 2.17. The molecule has 0 radical (unpaired) electrons. The molecule has 2 aliphatic rings. The average Bonchev–Trinajstić information content (AvgIpc) is 2.78. The molecule has 0 heteroatoms. The highest BCUT2D eigenvalue weighted by Crippen LogP contribution is 2.36. The molecular weight excluding hydrogens is 360 g/mol. The van der Waals surface area contributed by atoms with Crippen LogP contribution < -0.4 is 0 Å². The summed E-state index contributed by atoms with van der Waals surface area (Å²) in [5.41, 5.74) is 15.4. The molecule has 0 heterocycles. The molecule has 5 rings (SSSR count). The Morgan fingerprint density at radius 2 is 1.00 bits per heavy atom. The Balaban J connectivity index is 0.000000158. The lowest BCUT2D eigenvalue weighted by molar-refractivity contribution is 0.681. The first-order chi connectivity index (χ1) is 14.4. The van der Waals surface area contributed by atoms with Gasteiger partial charge in [0, 0.05) is 0 Å². The summed E-state index contributed by atoms with van der Waals surface area (Å²) < 4.78 is 0. The van der Waals surface area contributed by atoms with Crippen LogP contribution in [0.25, 0.3) is 10.8 Å². The first kappa shape index (κ1) is 21.2. The zero-order valence-corrected chi connectivity index (χ0v) is 20.0. The van der Waals surface area contributed by atoms with E-state index in [-0.39, 0.29) is 0 Å².